The van der Waals surface area contributed by atoms with Gasteiger partial charge in [-0.3, -0.25) is 0 Å². The minimum atomic E-state index is 0.326. The van der Waals surface area contributed by atoms with Crippen LogP contribution in [0.1, 0.15) is 76.5 Å². The van der Waals surface area contributed by atoms with Gasteiger partial charge in [0.25, 0.3) is 0 Å². The van der Waals surface area contributed by atoms with E-state index in [0.29, 0.717) is 17.3 Å². The molecule has 0 bridgehead atoms. The van der Waals surface area contributed by atoms with Gasteiger partial charge in [-0.2, -0.15) is 0 Å². The first-order chi connectivity index (χ1) is 9.99. The quantitative estimate of drug-likeness (QED) is 0.912. The molecule has 21 heavy (non-hydrogen) atoms. The number of nitrogens with one attached hydrogen (secondary N) is 1. The minimum Gasteiger partial charge on any atom is -0.331 e. The first-order valence-corrected chi connectivity index (χ1v) is 8.78. The molecule has 3 heteroatoms. The molecular weight excluding hydrogens is 258 g/mol. The summed E-state index contributed by atoms with van der Waals surface area (Å²) in [5.41, 5.74) is 3.17. The van der Waals surface area contributed by atoms with E-state index in [4.69, 9.17) is 4.98 Å². The molecule has 1 aliphatic heterocycles. The average molecular weight is 289 g/mol. The summed E-state index contributed by atoms with van der Waals surface area (Å²) in [4.78, 5) is 5.08. The summed E-state index contributed by atoms with van der Waals surface area (Å²) >= 11 is 0. The summed E-state index contributed by atoms with van der Waals surface area (Å²) < 4.78 is 2.62. The first-order valence-electron chi connectivity index (χ1n) is 8.78. The topological polar surface area (TPSA) is 29.9 Å². The number of hydrogen-bond acceptors (Lipinski definition) is 2. The zero-order chi connectivity index (χ0) is 15.0. The van der Waals surface area contributed by atoms with E-state index in [1.165, 1.54) is 42.9 Å². The Morgan fingerprint density at radius 2 is 2.00 bits per heavy atom. The van der Waals surface area contributed by atoms with Crippen molar-refractivity contribution in [2.45, 2.75) is 78.8 Å². The smallest absolute Gasteiger partial charge is 0.112 e. The molecule has 1 aromatic rings. The van der Waals surface area contributed by atoms with Gasteiger partial charge in [0.2, 0.25) is 0 Å². The molecule has 118 valence electrons. The van der Waals surface area contributed by atoms with Gasteiger partial charge in [-0.15, -0.1) is 0 Å². The molecule has 1 aromatic heterocycles. The molecule has 2 heterocycles. The maximum absolute atomic E-state index is 5.08. The highest BCUT2D eigenvalue weighted by Crippen LogP contribution is 2.37. The monoisotopic (exact) mass is 289 g/mol. The molecule has 2 aliphatic rings. The van der Waals surface area contributed by atoms with Crippen molar-refractivity contribution in [1.82, 2.24) is 14.9 Å². The van der Waals surface area contributed by atoms with E-state index in [0.717, 1.165) is 26.1 Å². The normalized spacial score (nSPS) is 20.2. The Bertz CT molecular complexity index is 493. The molecule has 0 unspecified atom stereocenters. The van der Waals surface area contributed by atoms with Crippen LogP contribution < -0.4 is 5.32 Å². The molecule has 0 atom stereocenters. The first kappa shape index (κ1) is 15.1. The lowest BCUT2D eigenvalue weighted by Crippen LogP contribution is -2.30. The van der Waals surface area contributed by atoms with Crippen molar-refractivity contribution in [2.75, 3.05) is 6.54 Å². The van der Waals surface area contributed by atoms with Crippen LogP contribution in [0, 0.1) is 11.3 Å². The van der Waals surface area contributed by atoms with E-state index in [2.05, 4.69) is 37.6 Å². The van der Waals surface area contributed by atoms with E-state index >= 15 is 0 Å². The number of aromatic nitrogens is 2. The molecule has 3 nitrogen and oxygen atoms in total. The lowest BCUT2D eigenvalue weighted by Gasteiger charge is -2.32. The van der Waals surface area contributed by atoms with Crippen LogP contribution in [0.4, 0.5) is 0 Å². The number of nitrogens with zero attached hydrogens (tertiary/aromatic N) is 2. The fraction of sp³-hybridized carbons (Fsp3) is 0.833. The Morgan fingerprint density at radius 3 is 2.67 bits per heavy atom. The Morgan fingerprint density at radius 1 is 1.29 bits per heavy atom. The highest BCUT2D eigenvalue weighted by atomic mass is 15.1. The van der Waals surface area contributed by atoms with Crippen LogP contribution in [0.5, 0.6) is 0 Å². The summed E-state index contributed by atoms with van der Waals surface area (Å²) in [5.74, 6) is 2.79. The molecule has 0 radical (unpaired) electrons. The van der Waals surface area contributed by atoms with E-state index in [9.17, 15) is 0 Å². The predicted octanol–water partition coefficient (Wildman–Crippen LogP) is 3.87. The molecule has 0 saturated heterocycles. The highest BCUT2D eigenvalue weighted by Gasteiger charge is 2.31. The largest absolute Gasteiger partial charge is 0.331 e. The zero-order valence-electron chi connectivity index (χ0n) is 14.2. The molecule has 0 amide bonds. The zero-order valence-corrected chi connectivity index (χ0v) is 14.2. The van der Waals surface area contributed by atoms with E-state index in [-0.39, 0.29) is 0 Å². The van der Waals surface area contributed by atoms with Crippen LogP contribution in [0.2, 0.25) is 0 Å². The Labute approximate surface area is 129 Å². The van der Waals surface area contributed by atoms with Crippen molar-refractivity contribution < 1.29 is 0 Å². The minimum absolute atomic E-state index is 0.326. The van der Waals surface area contributed by atoms with Crippen molar-refractivity contribution in [3.8, 4) is 0 Å². The van der Waals surface area contributed by atoms with Gasteiger partial charge in [-0.25, -0.2) is 4.98 Å². The van der Waals surface area contributed by atoms with Crippen molar-refractivity contribution in [3.63, 3.8) is 0 Å². The Kier molecular flexibility index (Phi) is 4.13. The van der Waals surface area contributed by atoms with Crippen molar-refractivity contribution in [2.24, 2.45) is 11.3 Å². The number of fused-ring (bicyclic) bond motifs is 1. The predicted molar refractivity (Wildman–Crippen MR) is 87.5 cm³/mol. The molecule has 1 fully saturated rings. The Balaban J connectivity index is 1.97. The van der Waals surface area contributed by atoms with Crippen molar-refractivity contribution >= 4 is 0 Å². The second-order valence-corrected chi connectivity index (χ2v) is 8.00. The summed E-state index contributed by atoms with van der Waals surface area (Å²) in [5, 5.41) is 3.48. The standard InChI is InChI=1S/C18H31N3/c1-13(2)18(3,4)12-21-16-9-10-19-11-15(16)20-17(21)14-7-5-6-8-14/h13-14,19H,5-12H2,1-4H3. The van der Waals surface area contributed by atoms with Crippen molar-refractivity contribution in [1.29, 1.82) is 0 Å². The number of imidazole rings is 1. The van der Waals surface area contributed by atoms with Crippen LogP contribution in [-0.4, -0.2) is 16.1 Å². The molecule has 3 rings (SSSR count). The summed E-state index contributed by atoms with van der Waals surface area (Å²) in [6, 6.07) is 0. The van der Waals surface area contributed by atoms with Crippen LogP contribution >= 0.6 is 0 Å². The number of rotatable bonds is 4. The van der Waals surface area contributed by atoms with Crippen LogP contribution in [0.15, 0.2) is 0 Å². The second kappa shape index (κ2) is 5.75. The second-order valence-electron chi connectivity index (χ2n) is 8.00. The van der Waals surface area contributed by atoms with Crippen LogP contribution in [0.25, 0.3) is 0 Å². The SMILES string of the molecule is CC(C)C(C)(C)Cn1c(C2CCCC2)nc2c1CCNC2. The van der Waals surface area contributed by atoms with Crippen molar-refractivity contribution in [3.05, 3.63) is 17.2 Å². The summed E-state index contributed by atoms with van der Waals surface area (Å²) in [7, 11) is 0. The maximum Gasteiger partial charge on any atom is 0.112 e. The van der Waals surface area contributed by atoms with Gasteiger partial charge in [-0.05, 0) is 24.2 Å². The van der Waals surface area contributed by atoms with Gasteiger partial charge < -0.3 is 9.88 Å². The lowest BCUT2D eigenvalue weighted by molar-refractivity contribution is 0.204. The van der Waals surface area contributed by atoms with E-state index in [1.54, 1.807) is 0 Å². The summed E-state index contributed by atoms with van der Waals surface area (Å²) in [6.07, 6.45) is 6.59. The fourth-order valence-electron chi connectivity index (χ4n) is 3.65. The lowest BCUT2D eigenvalue weighted by atomic mass is 9.81. The molecule has 1 aliphatic carbocycles. The molecule has 0 aromatic carbocycles. The van der Waals surface area contributed by atoms with Crippen LogP contribution in [0.3, 0.4) is 0 Å². The van der Waals surface area contributed by atoms with Gasteiger partial charge in [0, 0.05) is 37.7 Å². The third-order valence-corrected chi connectivity index (χ3v) is 5.86. The third kappa shape index (κ3) is 2.90. The molecule has 1 N–H and O–H groups in total. The fourth-order valence-corrected chi connectivity index (χ4v) is 3.65. The Hall–Kier alpha value is -0.830. The number of hydrogen-bond donors (Lipinski definition) is 1. The highest BCUT2D eigenvalue weighted by molar-refractivity contribution is 5.23. The van der Waals surface area contributed by atoms with Gasteiger partial charge in [0.1, 0.15) is 5.82 Å². The third-order valence-electron chi connectivity index (χ3n) is 5.86. The summed E-state index contributed by atoms with van der Waals surface area (Å²) in [6.45, 7) is 12.7. The molecule has 0 spiro atoms. The van der Waals surface area contributed by atoms with Crippen LogP contribution in [-0.2, 0) is 19.5 Å². The molecular formula is C18H31N3. The van der Waals surface area contributed by atoms with Gasteiger partial charge in [0.05, 0.1) is 5.69 Å². The average Bonchev–Trinajstić information content (AvgIpc) is 3.06. The molecule has 1 saturated carbocycles. The van der Waals surface area contributed by atoms with Gasteiger partial charge in [-0.1, -0.05) is 40.5 Å². The maximum atomic E-state index is 5.08. The van der Waals surface area contributed by atoms with E-state index in [1.807, 2.05) is 0 Å². The van der Waals surface area contributed by atoms with Gasteiger partial charge >= 0.3 is 0 Å². The van der Waals surface area contributed by atoms with E-state index < -0.39 is 0 Å². The van der Waals surface area contributed by atoms with Gasteiger partial charge in [0.15, 0.2) is 0 Å².